The van der Waals surface area contributed by atoms with Crippen LogP contribution >= 0.6 is 0 Å². The highest BCUT2D eigenvalue weighted by atomic mass is 19.3. The van der Waals surface area contributed by atoms with Crippen LogP contribution < -0.4 is 10.6 Å². The predicted octanol–water partition coefficient (Wildman–Crippen LogP) is 3.18. The lowest BCUT2D eigenvalue weighted by molar-refractivity contribution is 0.0419. The molecule has 3 rings (SSSR count). The zero-order valence-electron chi connectivity index (χ0n) is 14.5. The van der Waals surface area contributed by atoms with Gasteiger partial charge >= 0.3 is 5.97 Å². The number of benzene rings is 1. The number of rotatable bonds is 5. The van der Waals surface area contributed by atoms with Gasteiger partial charge in [0.2, 0.25) is 0 Å². The summed E-state index contributed by atoms with van der Waals surface area (Å²) in [4.78, 5) is 24.3. The number of nitrogens with one attached hydrogen (secondary N) is 2. The van der Waals surface area contributed by atoms with Crippen molar-refractivity contribution in [3.8, 4) is 0 Å². The molecule has 1 amide bonds. The maximum atomic E-state index is 13.3. The van der Waals surface area contributed by atoms with Crippen LogP contribution in [0.1, 0.15) is 33.3 Å². The van der Waals surface area contributed by atoms with Gasteiger partial charge in [-0.2, -0.15) is 5.10 Å². The predicted molar refractivity (Wildman–Crippen MR) is 91.0 cm³/mol. The van der Waals surface area contributed by atoms with Crippen LogP contribution in [0.5, 0.6) is 0 Å². The maximum Gasteiger partial charge on any atom is 0.339 e. The molecule has 2 unspecified atom stereocenters. The van der Waals surface area contributed by atoms with Crippen molar-refractivity contribution < 1.29 is 31.9 Å². The van der Waals surface area contributed by atoms with Gasteiger partial charge in [-0.15, -0.1) is 0 Å². The number of hydrogen-bond acceptors (Lipinski definition) is 5. The van der Waals surface area contributed by atoms with E-state index in [0.29, 0.717) is 0 Å². The van der Waals surface area contributed by atoms with Gasteiger partial charge in [-0.1, -0.05) is 12.1 Å². The van der Waals surface area contributed by atoms with Gasteiger partial charge in [-0.25, -0.2) is 27.0 Å². The van der Waals surface area contributed by atoms with Crippen molar-refractivity contribution >= 4 is 23.4 Å². The Balaban J connectivity index is 1.88. The number of aromatic nitrogens is 2. The number of anilines is 2. The lowest BCUT2D eigenvalue weighted by atomic mass is 10.1. The second-order valence-corrected chi connectivity index (χ2v) is 6.07. The second-order valence-electron chi connectivity index (χ2n) is 6.07. The Kier molecular flexibility index (Phi) is 5.52. The third-order valence-electron chi connectivity index (χ3n) is 4.29. The van der Waals surface area contributed by atoms with E-state index in [9.17, 15) is 27.2 Å². The highest BCUT2D eigenvalue weighted by Gasteiger charge is 2.38. The summed E-state index contributed by atoms with van der Waals surface area (Å²) in [7, 11) is 1.18. The summed E-state index contributed by atoms with van der Waals surface area (Å²) in [6.45, 7) is 0. The summed E-state index contributed by atoms with van der Waals surface area (Å²) in [6, 6.07) is 4.08. The number of carbonyl (C=O) groups excluding carboxylic acids is 2. The molecule has 0 fully saturated rings. The average molecular weight is 400 g/mol. The molecule has 2 atom stereocenters. The number of alkyl halides is 4. The maximum absolute atomic E-state index is 13.3. The number of methoxy groups -OCH3 is 1. The van der Waals surface area contributed by atoms with Gasteiger partial charge in [-0.05, 0) is 12.1 Å². The molecule has 2 N–H and O–H groups in total. The minimum absolute atomic E-state index is 0.0867. The van der Waals surface area contributed by atoms with Gasteiger partial charge < -0.3 is 15.4 Å². The number of ether oxygens (including phenoxy) is 1. The quantitative estimate of drug-likeness (QED) is 0.595. The van der Waals surface area contributed by atoms with Crippen LogP contribution in [-0.4, -0.2) is 47.7 Å². The third kappa shape index (κ3) is 3.78. The van der Waals surface area contributed by atoms with E-state index < -0.39 is 43.2 Å². The third-order valence-corrected chi connectivity index (χ3v) is 4.29. The Morgan fingerprint density at radius 1 is 1.25 bits per heavy atom. The molecule has 0 spiro atoms. The SMILES string of the molecule is COC(=O)c1ccccc1NC(=O)c1cc2n(n1)C(C(F)F)CC(C(F)F)N2. The van der Waals surface area contributed by atoms with Crippen molar-refractivity contribution in [2.24, 2.45) is 0 Å². The summed E-state index contributed by atoms with van der Waals surface area (Å²) in [5, 5.41) is 8.71. The fraction of sp³-hybridized carbons (Fsp3) is 0.353. The number of carbonyl (C=O) groups is 2. The highest BCUT2D eigenvalue weighted by Crippen LogP contribution is 2.34. The molecule has 1 aliphatic rings. The van der Waals surface area contributed by atoms with Crippen LogP contribution in [0.4, 0.5) is 29.1 Å². The van der Waals surface area contributed by atoms with Crippen LogP contribution in [0.25, 0.3) is 0 Å². The Morgan fingerprint density at radius 3 is 2.61 bits per heavy atom. The molecule has 0 aliphatic carbocycles. The molecule has 0 radical (unpaired) electrons. The first kappa shape index (κ1) is 19.6. The topological polar surface area (TPSA) is 85.2 Å². The molecule has 2 heterocycles. The molecule has 1 aromatic heterocycles. The molecule has 2 aromatic rings. The number of fused-ring (bicyclic) bond motifs is 1. The van der Waals surface area contributed by atoms with Crippen LogP contribution in [0.3, 0.4) is 0 Å². The number of esters is 1. The molecular formula is C17H16F4N4O3. The lowest BCUT2D eigenvalue weighted by Gasteiger charge is -2.31. The molecule has 28 heavy (non-hydrogen) atoms. The van der Waals surface area contributed by atoms with Crippen molar-refractivity contribution in [1.82, 2.24) is 9.78 Å². The van der Waals surface area contributed by atoms with Gasteiger partial charge in [0.15, 0.2) is 5.69 Å². The Labute approximate surface area is 156 Å². The first-order valence-corrected chi connectivity index (χ1v) is 8.23. The zero-order chi connectivity index (χ0) is 20.4. The Hall–Kier alpha value is -3.11. The molecule has 0 saturated carbocycles. The average Bonchev–Trinajstić information content (AvgIpc) is 3.11. The number of para-hydroxylation sites is 1. The smallest absolute Gasteiger partial charge is 0.339 e. The van der Waals surface area contributed by atoms with E-state index in [1.807, 2.05) is 0 Å². The number of hydrogen-bond donors (Lipinski definition) is 2. The van der Waals surface area contributed by atoms with E-state index in [1.54, 1.807) is 12.1 Å². The normalized spacial score (nSPS) is 18.5. The van der Waals surface area contributed by atoms with E-state index >= 15 is 0 Å². The van der Waals surface area contributed by atoms with Crippen LogP contribution in [0.15, 0.2) is 30.3 Å². The summed E-state index contributed by atoms with van der Waals surface area (Å²) in [6.07, 6.45) is -6.32. The van der Waals surface area contributed by atoms with E-state index in [0.717, 1.165) is 10.7 Å². The molecule has 11 heteroatoms. The van der Waals surface area contributed by atoms with Crippen molar-refractivity contribution in [2.45, 2.75) is 31.4 Å². The zero-order valence-corrected chi connectivity index (χ0v) is 14.5. The number of halogens is 4. The van der Waals surface area contributed by atoms with Crippen LogP contribution in [0, 0.1) is 0 Å². The van der Waals surface area contributed by atoms with Crippen molar-refractivity contribution in [3.05, 3.63) is 41.6 Å². The standard InChI is InChI=1S/C17H16F4N4O3/c1-28-17(27)8-4-2-3-5-9(8)23-16(26)11-7-13-22-10(14(18)19)6-12(15(20)21)25(13)24-11/h2-5,7,10,12,14-15,22H,6H2,1H3,(H,23,26). The molecule has 1 aromatic carbocycles. The minimum atomic E-state index is -2.93. The van der Waals surface area contributed by atoms with E-state index in [4.69, 9.17) is 0 Å². The first-order chi connectivity index (χ1) is 13.3. The number of amides is 1. The van der Waals surface area contributed by atoms with E-state index in [2.05, 4.69) is 20.5 Å². The van der Waals surface area contributed by atoms with Crippen molar-refractivity contribution in [1.29, 1.82) is 0 Å². The summed E-state index contributed by atoms with van der Waals surface area (Å²) in [5.74, 6) is -1.57. The Bertz CT molecular complexity index is 887. The fourth-order valence-electron chi connectivity index (χ4n) is 2.92. The van der Waals surface area contributed by atoms with Crippen LogP contribution in [-0.2, 0) is 4.74 Å². The van der Waals surface area contributed by atoms with Crippen molar-refractivity contribution in [3.63, 3.8) is 0 Å². The van der Waals surface area contributed by atoms with Gasteiger partial charge in [0.05, 0.1) is 24.4 Å². The lowest BCUT2D eigenvalue weighted by Crippen LogP contribution is -2.39. The highest BCUT2D eigenvalue weighted by molar-refractivity contribution is 6.07. The van der Waals surface area contributed by atoms with E-state index in [1.165, 1.54) is 19.2 Å². The largest absolute Gasteiger partial charge is 0.465 e. The monoisotopic (exact) mass is 400 g/mol. The minimum Gasteiger partial charge on any atom is -0.465 e. The summed E-state index contributed by atoms with van der Waals surface area (Å²) in [5.41, 5.74) is -0.0412. The van der Waals surface area contributed by atoms with Crippen LogP contribution in [0.2, 0.25) is 0 Å². The number of nitrogens with zero attached hydrogens (tertiary/aromatic N) is 2. The van der Waals surface area contributed by atoms with Gasteiger partial charge in [-0.3, -0.25) is 4.79 Å². The fourth-order valence-corrected chi connectivity index (χ4v) is 2.92. The van der Waals surface area contributed by atoms with Gasteiger partial charge in [0, 0.05) is 12.5 Å². The second kappa shape index (κ2) is 7.87. The van der Waals surface area contributed by atoms with Crippen molar-refractivity contribution in [2.75, 3.05) is 17.7 Å². The van der Waals surface area contributed by atoms with Gasteiger partial charge in [0.1, 0.15) is 11.9 Å². The summed E-state index contributed by atoms with van der Waals surface area (Å²) >= 11 is 0. The molecule has 0 bridgehead atoms. The molecule has 150 valence electrons. The molecule has 7 nitrogen and oxygen atoms in total. The van der Waals surface area contributed by atoms with Gasteiger partial charge in [0.25, 0.3) is 18.8 Å². The molecule has 0 saturated heterocycles. The first-order valence-electron chi connectivity index (χ1n) is 8.23. The Morgan fingerprint density at radius 2 is 1.96 bits per heavy atom. The molecular weight excluding hydrogens is 384 g/mol. The molecule has 1 aliphatic heterocycles. The van der Waals surface area contributed by atoms with E-state index in [-0.39, 0.29) is 22.8 Å². The summed E-state index contributed by atoms with van der Waals surface area (Å²) < 4.78 is 58.0.